The van der Waals surface area contributed by atoms with Gasteiger partial charge in [-0.05, 0) is 32.1 Å². The molecule has 2 nitrogen and oxygen atoms in total. The number of hydrogen-bond donors (Lipinski definition) is 0. The third-order valence-electron chi connectivity index (χ3n) is 3.64. The smallest absolute Gasteiger partial charge is 0.237 e. The highest BCUT2D eigenvalue weighted by atomic mass is 15.1. The Balaban J connectivity index is 2.28. The number of aryl methyl sites for hydroxylation is 1. The first-order valence-corrected chi connectivity index (χ1v) is 7.70. The summed E-state index contributed by atoms with van der Waals surface area (Å²) in [5.41, 5.74) is 0. The molecule has 1 unspecified atom stereocenters. The van der Waals surface area contributed by atoms with E-state index < -0.39 is 0 Å². The normalized spacial score (nSPS) is 13.2. The fraction of sp³-hybridized carbons (Fsp3) is 0.812. The van der Waals surface area contributed by atoms with Crippen molar-refractivity contribution < 1.29 is 4.57 Å². The number of unbranched alkanes of at least 4 members (excludes halogenated alkanes) is 2. The zero-order valence-electron chi connectivity index (χ0n) is 12.7. The lowest BCUT2D eigenvalue weighted by molar-refractivity contribution is -0.697. The number of imidazole rings is 1. The average molecular weight is 251 g/mol. The molecule has 18 heavy (non-hydrogen) atoms. The van der Waals surface area contributed by atoms with E-state index in [9.17, 15) is 0 Å². The fourth-order valence-electron chi connectivity index (χ4n) is 2.29. The first-order chi connectivity index (χ1) is 8.63. The second-order valence-electron chi connectivity index (χ2n) is 5.98. The predicted molar refractivity (Wildman–Crippen MR) is 77.6 cm³/mol. The van der Waals surface area contributed by atoms with Crippen LogP contribution >= 0.6 is 0 Å². The third kappa shape index (κ3) is 5.70. The minimum atomic E-state index is 0.639. The van der Waals surface area contributed by atoms with Crippen LogP contribution in [0.2, 0.25) is 0 Å². The van der Waals surface area contributed by atoms with Gasteiger partial charge in [0, 0.05) is 0 Å². The first-order valence-electron chi connectivity index (χ1n) is 7.70. The molecule has 0 amide bonds. The van der Waals surface area contributed by atoms with Crippen LogP contribution in [-0.2, 0) is 6.54 Å². The van der Waals surface area contributed by atoms with Crippen LogP contribution in [0.25, 0.3) is 0 Å². The van der Waals surface area contributed by atoms with Gasteiger partial charge in [0.25, 0.3) is 0 Å². The van der Waals surface area contributed by atoms with Gasteiger partial charge < -0.3 is 0 Å². The standard InChI is InChI=1S/C16H31N2/c1-5-6-11-17-12-13-18(14-17)16(4)10-8-7-9-15(2)3/h12-16H,5-11H2,1-4H3/q+1. The van der Waals surface area contributed by atoms with E-state index in [0.717, 1.165) is 12.5 Å². The molecule has 104 valence electrons. The first kappa shape index (κ1) is 15.3. The van der Waals surface area contributed by atoms with Crippen LogP contribution in [-0.4, -0.2) is 4.57 Å². The van der Waals surface area contributed by atoms with Crippen molar-refractivity contribution in [3.05, 3.63) is 18.7 Å². The van der Waals surface area contributed by atoms with Gasteiger partial charge in [-0.25, -0.2) is 9.13 Å². The summed E-state index contributed by atoms with van der Waals surface area (Å²) < 4.78 is 4.68. The SMILES string of the molecule is CCCC[n+]1ccn(C(C)CCCCC(C)C)c1. The van der Waals surface area contributed by atoms with Crippen molar-refractivity contribution in [2.75, 3.05) is 0 Å². The van der Waals surface area contributed by atoms with Gasteiger partial charge in [-0.1, -0.05) is 40.0 Å². The van der Waals surface area contributed by atoms with Gasteiger partial charge in [0.05, 0.1) is 12.6 Å². The van der Waals surface area contributed by atoms with E-state index in [1.807, 2.05) is 0 Å². The molecular weight excluding hydrogens is 220 g/mol. The molecule has 0 fully saturated rings. The van der Waals surface area contributed by atoms with Gasteiger partial charge >= 0.3 is 0 Å². The van der Waals surface area contributed by atoms with Crippen LogP contribution < -0.4 is 4.57 Å². The Labute approximate surface area is 113 Å². The van der Waals surface area contributed by atoms with Crippen LogP contribution in [0.5, 0.6) is 0 Å². The highest BCUT2D eigenvalue weighted by Crippen LogP contribution is 2.16. The van der Waals surface area contributed by atoms with Crippen molar-refractivity contribution in [2.24, 2.45) is 5.92 Å². The number of nitrogens with zero attached hydrogens (tertiary/aromatic N) is 2. The maximum atomic E-state index is 2.37. The lowest BCUT2D eigenvalue weighted by Crippen LogP contribution is -2.30. The molecule has 1 aromatic rings. The van der Waals surface area contributed by atoms with Crippen LogP contribution in [0.1, 0.15) is 72.3 Å². The van der Waals surface area contributed by atoms with Gasteiger partial charge in [0.1, 0.15) is 12.4 Å². The molecule has 0 aromatic carbocycles. The van der Waals surface area contributed by atoms with Crippen molar-refractivity contribution in [3.63, 3.8) is 0 Å². The predicted octanol–water partition coefficient (Wildman–Crippen LogP) is 4.35. The van der Waals surface area contributed by atoms with Crippen LogP contribution in [0.4, 0.5) is 0 Å². The molecule has 0 aliphatic rings. The second kappa shape index (κ2) is 8.34. The maximum absolute atomic E-state index is 2.37. The summed E-state index contributed by atoms with van der Waals surface area (Å²) in [5.74, 6) is 0.850. The van der Waals surface area contributed by atoms with Gasteiger partial charge in [0.15, 0.2) is 0 Å². The van der Waals surface area contributed by atoms with E-state index in [-0.39, 0.29) is 0 Å². The quantitative estimate of drug-likeness (QED) is 0.456. The van der Waals surface area contributed by atoms with E-state index in [2.05, 4.69) is 55.6 Å². The number of rotatable bonds is 9. The molecule has 0 saturated carbocycles. The molecule has 0 aliphatic carbocycles. The number of hydrogen-bond acceptors (Lipinski definition) is 0. The zero-order chi connectivity index (χ0) is 13.4. The van der Waals surface area contributed by atoms with Gasteiger partial charge in [-0.2, -0.15) is 0 Å². The van der Waals surface area contributed by atoms with E-state index in [0.29, 0.717) is 6.04 Å². The minimum Gasteiger partial charge on any atom is -0.237 e. The van der Waals surface area contributed by atoms with Gasteiger partial charge in [0.2, 0.25) is 6.33 Å². The Morgan fingerprint density at radius 1 is 1.06 bits per heavy atom. The molecule has 1 heterocycles. The van der Waals surface area contributed by atoms with Crippen molar-refractivity contribution in [1.82, 2.24) is 4.57 Å². The van der Waals surface area contributed by atoms with Gasteiger partial charge in [-0.3, -0.25) is 0 Å². The van der Waals surface area contributed by atoms with E-state index in [1.165, 1.54) is 38.5 Å². The highest BCUT2D eigenvalue weighted by Gasteiger charge is 2.11. The second-order valence-corrected chi connectivity index (χ2v) is 5.98. The van der Waals surface area contributed by atoms with E-state index in [4.69, 9.17) is 0 Å². The zero-order valence-corrected chi connectivity index (χ0v) is 12.7. The molecule has 0 aliphatic heterocycles. The summed E-state index contributed by atoms with van der Waals surface area (Å²) >= 11 is 0. The maximum Gasteiger partial charge on any atom is 0.243 e. The molecule has 1 atom stereocenters. The molecule has 0 N–H and O–H groups in total. The minimum absolute atomic E-state index is 0.639. The summed E-state index contributed by atoms with van der Waals surface area (Å²) in [5, 5.41) is 0. The van der Waals surface area contributed by atoms with Crippen molar-refractivity contribution in [1.29, 1.82) is 0 Å². The van der Waals surface area contributed by atoms with Crippen molar-refractivity contribution in [2.45, 2.75) is 78.8 Å². The van der Waals surface area contributed by atoms with Crippen LogP contribution in [0.3, 0.4) is 0 Å². The highest BCUT2D eigenvalue weighted by molar-refractivity contribution is 4.72. The third-order valence-corrected chi connectivity index (χ3v) is 3.64. The summed E-state index contributed by atoms with van der Waals surface area (Å²) in [6.07, 6.45) is 14.6. The summed E-state index contributed by atoms with van der Waals surface area (Å²) in [4.78, 5) is 0. The topological polar surface area (TPSA) is 8.81 Å². The Morgan fingerprint density at radius 3 is 2.44 bits per heavy atom. The van der Waals surface area contributed by atoms with E-state index >= 15 is 0 Å². The molecule has 0 spiro atoms. The van der Waals surface area contributed by atoms with Crippen molar-refractivity contribution >= 4 is 0 Å². The monoisotopic (exact) mass is 251 g/mol. The summed E-state index contributed by atoms with van der Waals surface area (Å²) in [7, 11) is 0. The van der Waals surface area contributed by atoms with Crippen LogP contribution in [0.15, 0.2) is 18.7 Å². The molecule has 0 radical (unpaired) electrons. The lowest BCUT2D eigenvalue weighted by Gasteiger charge is -2.08. The van der Waals surface area contributed by atoms with Gasteiger partial charge in [-0.15, -0.1) is 0 Å². The Morgan fingerprint density at radius 2 is 1.78 bits per heavy atom. The molecule has 0 bridgehead atoms. The molecule has 2 heteroatoms. The largest absolute Gasteiger partial charge is 0.243 e. The fourth-order valence-corrected chi connectivity index (χ4v) is 2.29. The molecule has 0 saturated heterocycles. The molecular formula is C16H31N2+. The Bertz CT molecular complexity index is 315. The van der Waals surface area contributed by atoms with Crippen molar-refractivity contribution in [3.8, 4) is 0 Å². The van der Waals surface area contributed by atoms with E-state index in [1.54, 1.807) is 0 Å². The Hall–Kier alpha value is -0.790. The summed E-state index contributed by atoms with van der Waals surface area (Å²) in [6.45, 7) is 10.4. The average Bonchev–Trinajstić information content (AvgIpc) is 2.80. The lowest BCUT2D eigenvalue weighted by atomic mass is 10.0. The molecule has 1 rings (SSSR count). The molecule has 1 aromatic heterocycles. The Kier molecular flexibility index (Phi) is 7.07. The summed E-state index contributed by atoms with van der Waals surface area (Å²) in [6, 6.07) is 0.639. The van der Waals surface area contributed by atoms with Crippen LogP contribution in [0, 0.1) is 5.92 Å². The number of aromatic nitrogens is 2.